The van der Waals surface area contributed by atoms with E-state index in [1.165, 1.54) is 0 Å². The predicted molar refractivity (Wildman–Crippen MR) is 89.5 cm³/mol. The number of carbonyl (C=O) groups excluding carboxylic acids is 2. The van der Waals surface area contributed by atoms with E-state index in [0.717, 1.165) is 23.4 Å². The fourth-order valence-corrected chi connectivity index (χ4v) is 6.10. The number of ketones is 2. The number of carbonyl (C=O) groups is 2. The third-order valence-electron chi connectivity index (χ3n) is 3.91. The molecule has 0 saturated heterocycles. The maximum atomic E-state index is 12.4. The third kappa shape index (κ3) is 9.15. The summed E-state index contributed by atoms with van der Waals surface area (Å²) in [5.41, 5.74) is 0. The number of rotatable bonds is 9. The lowest BCUT2D eigenvalue weighted by Gasteiger charge is -2.31. The molecule has 0 aromatic heterocycles. The summed E-state index contributed by atoms with van der Waals surface area (Å²) < 4.78 is -0.602. The molecule has 0 fully saturated rings. The molecule has 0 aliphatic carbocycles. The minimum Gasteiger partial charge on any atom is -0.368 e. The molecule has 0 aromatic rings. The Balaban J connectivity index is 0. The molecule has 0 spiro atoms. The van der Waals surface area contributed by atoms with Gasteiger partial charge in [0.05, 0.1) is 0 Å². The second-order valence-electron chi connectivity index (χ2n) is 5.66. The van der Waals surface area contributed by atoms with Gasteiger partial charge >= 0.3 is 9.05 Å². The van der Waals surface area contributed by atoms with Gasteiger partial charge in [0.1, 0.15) is 11.6 Å². The van der Waals surface area contributed by atoms with Crippen LogP contribution in [0.3, 0.4) is 0 Å². The molecule has 22 heavy (non-hydrogen) atoms. The van der Waals surface area contributed by atoms with Crippen LogP contribution >= 0.6 is 0 Å². The van der Waals surface area contributed by atoms with E-state index in [1.807, 2.05) is 20.8 Å². The maximum absolute atomic E-state index is 12.4. The van der Waals surface area contributed by atoms with Gasteiger partial charge in [-0.15, -0.1) is 0 Å². The Bertz CT molecular complexity index is 315. The van der Waals surface area contributed by atoms with Crippen LogP contribution in [0.5, 0.6) is 0 Å². The molecule has 0 bridgehead atoms. The van der Waals surface area contributed by atoms with Gasteiger partial charge in [-0.2, -0.15) is 0 Å². The fourth-order valence-electron chi connectivity index (χ4n) is 2.69. The van der Waals surface area contributed by atoms with Crippen LogP contribution in [0.15, 0.2) is 0 Å². The lowest BCUT2D eigenvalue weighted by atomic mass is 9.94. The SMILES string of the molecule is CCCC(=O)[C](C)(C(=O)CCC)[Al]([CH2]C)[CH2]C.O[Si](O)(O)O. The van der Waals surface area contributed by atoms with Crippen LogP contribution in [-0.2, 0) is 9.59 Å². The van der Waals surface area contributed by atoms with Crippen molar-refractivity contribution in [2.45, 2.75) is 75.1 Å². The quantitative estimate of drug-likeness (QED) is 0.369. The van der Waals surface area contributed by atoms with E-state index < -0.39 is 27.5 Å². The zero-order valence-corrected chi connectivity index (χ0v) is 16.6. The van der Waals surface area contributed by atoms with Gasteiger partial charge in [-0.05, 0) is 12.8 Å². The van der Waals surface area contributed by atoms with E-state index in [9.17, 15) is 9.59 Å². The van der Waals surface area contributed by atoms with Crippen molar-refractivity contribution in [3.8, 4) is 0 Å². The van der Waals surface area contributed by atoms with E-state index in [0.29, 0.717) is 12.8 Å². The average Bonchev–Trinajstić information content (AvgIpc) is 2.38. The third-order valence-corrected chi connectivity index (χ3v) is 8.16. The van der Waals surface area contributed by atoms with E-state index in [2.05, 4.69) is 13.8 Å². The first-order chi connectivity index (χ1) is 9.98. The van der Waals surface area contributed by atoms with E-state index in [4.69, 9.17) is 19.2 Å². The molecule has 6 nitrogen and oxygen atoms in total. The molecular formula is C14H31AlO6Si. The normalized spacial score (nSPS) is 11.5. The van der Waals surface area contributed by atoms with Crippen LogP contribution in [0, 0.1) is 0 Å². The van der Waals surface area contributed by atoms with Crippen LogP contribution in [0.1, 0.15) is 60.3 Å². The first kappa shape index (κ1) is 24.2. The predicted octanol–water partition coefficient (Wildman–Crippen LogP) is 1.41. The molecule has 0 atom stereocenters. The Kier molecular flexibility index (Phi) is 12.6. The molecule has 0 heterocycles. The topological polar surface area (TPSA) is 115 Å². The minimum absolute atomic E-state index is 0.207. The highest BCUT2D eigenvalue weighted by molar-refractivity contribution is 6.72. The van der Waals surface area contributed by atoms with Crippen LogP contribution < -0.4 is 0 Å². The van der Waals surface area contributed by atoms with Crippen LogP contribution in [0.4, 0.5) is 0 Å². The Hall–Kier alpha value is -0.0706. The zero-order valence-electron chi connectivity index (χ0n) is 14.4. The molecule has 8 heteroatoms. The lowest BCUT2D eigenvalue weighted by molar-refractivity contribution is -0.131. The Morgan fingerprint density at radius 1 is 0.864 bits per heavy atom. The Labute approximate surface area is 139 Å². The second kappa shape index (κ2) is 11.5. The van der Waals surface area contributed by atoms with Crippen molar-refractivity contribution >= 4 is 34.8 Å². The second-order valence-corrected chi connectivity index (χ2v) is 11.0. The smallest absolute Gasteiger partial charge is 0.368 e. The van der Waals surface area contributed by atoms with Gasteiger partial charge in [0, 0.05) is 17.1 Å². The van der Waals surface area contributed by atoms with Gasteiger partial charge in [0.25, 0.3) is 14.1 Å². The lowest BCUT2D eigenvalue weighted by Crippen LogP contribution is -2.42. The molecular weight excluding hydrogens is 319 g/mol. The summed E-state index contributed by atoms with van der Waals surface area (Å²) in [4.78, 5) is 54.0. The molecule has 0 aliphatic heterocycles. The minimum atomic E-state index is -4.61. The average molecular weight is 350 g/mol. The van der Waals surface area contributed by atoms with Crippen molar-refractivity contribution in [3.05, 3.63) is 0 Å². The Morgan fingerprint density at radius 2 is 1.14 bits per heavy atom. The highest BCUT2D eigenvalue weighted by Crippen LogP contribution is 2.38. The van der Waals surface area contributed by atoms with Gasteiger partial charge in [-0.3, -0.25) is 0 Å². The summed E-state index contributed by atoms with van der Waals surface area (Å²) in [5, 5.41) is 2.08. The maximum Gasteiger partial charge on any atom is 0.668 e. The summed E-state index contributed by atoms with van der Waals surface area (Å²) in [5.74, 6) is 0.414. The van der Waals surface area contributed by atoms with Crippen LogP contribution in [-0.4, -0.2) is 53.9 Å². The molecule has 0 rings (SSSR count). The number of hydrogen-bond acceptors (Lipinski definition) is 6. The van der Waals surface area contributed by atoms with Gasteiger partial charge in [0.2, 0.25) is 0 Å². The molecule has 0 saturated carbocycles. The van der Waals surface area contributed by atoms with Gasteiger partial charge in [0.15, 0.2) is 0 Å². The monoisotopic (exact) mass is 350 g/mol. The van der Waals surface area contributed by atoms with Gasteiger partial charge in [-0.25, -0.2) is 0 Å². The van der Waals surface area contributed by atoms with Crippen molar-refractivity contribution in [3.63, 3.8) is 0 Å². The standard InChI is InChI=1S/C10H17O2.2C2H5.Al.H4O4Si/c1-4-6-9(11)8(3)10(12)7-5-2;2*1-2;;1-5(2,3)4/h4-7H2,1-3H3;2*1H2,2H3;;1-4H. The largest absolute Gasteiger partial charge is 0.668 e. The summed E-state index contributed by atoms with van der Waals surface area (Å²) in [6, 6.07) is 0. The molecule has 0 amide bonds. The molecule has 0 aromatic carbocycles. The first-order valence-electron chi connectivity index (χ1n) is 7.94. The van der Waals surface area contributed by atoms with Crippen molar-refractivity contribution in [1.82, 2.24) is 0 Å². The molecule has 0 radical (unpaired) electrons. The van der Waals surface area contributed by atoms with Crippen LogP contribution in [0.25, 0.3) is 0 Å². The first-order valence-corrected chi connectivity index (χ1v) is 11.9. The molecule has 4 N–H and O–H groups in total. The summed E-state index contributed by atoms with van der Waals surface area (Å²) >= 11 is -1.30. The summed E-state index contributed by atoms with van der Waals surface area (Å²) in [6.45, 7) is 10.2. The van der Waals surface area contributed by atoms with Gasteiger partial charge < -0.3 is 28.8 Å². The van der Waals surface area contributed by atoms with Crippen molar-refractivity contribution in [1.29, 1.82) is 0 Å². The summed E-state index contributed by atoms with van der Waals surface area (Å²) in [7, 11) is -4.61. The molecule has 0 aliphatic rings. The van der Waals surface area contributed by atoms with Crippen LogP contribution in [0.2, 0.25) is 14.8 Å². The number of hydrogen-bond donors (Lipinski definition) is 4. The van der Waals surface area contributed by atoms with Crippen molar-refractivity contribution in [2.24, 2.45) is 0 Å². The van der Waals surface area contributed by atoms with Gasteiger partial charge in [-0.1, -0.05) is 45.2 Å². The van der Waals surface area contributed by atoms with E-state index >= 15 is 0 Å². The summed E-state index contributed by atoms with van der Waals surface area (Å²) in [6.07, 6.45) is 2.83. The highest BCUT2D eigenvalue weighted by atomic mass is 28.4. The Morgan fingerprint density at radius 3 is 1.32 bits per heavy atom. The number of Topliss-reactive ketones (excluding diaryl/α,β-unsaturated/α-hetero) is 2. The van der Waals surface area contributed by atoms with E-state index in [-0.39, 0.29) is 11.6 Å². The molecule has 0 unspecified atom stereocenters. The zero-order chi connectivity index (χ0) is 18.0. The molecule has 130 valence electrons. The van der Waals surface area contributed by atoms with Crippen molar-refractivity contribution in [2.75, 3.05) is 0 Å². The van der Waals surface area contributed by atoms with Crippen molar-refractivity contribution < 1.29 is 28.8 Å². The van der Waals surface area contributed by atoms with E-state index in [1.54, 1.807) is 0 Å². The highest BCUT2D eigenvalue weighted by Gasteiger charge is 2.47. The fraction of sp³-hybridized carbons (Fsp3) is 0.857.